The predicted molar refractivity (Wildman–Crippen MR) is 120 cm³/mol. The minimum Gasteiger partial charge on any atom is -0.459 e. The number of sulfone groups is 1. The summed E-state index contributed by atoms with van der Waals surface area (Å²) >= 11 is 0. The Kier molecular flexibility index (Phi) is 8.04. The van der Waals surface area contributed by atoms with Crippen molar-refractivity contribution in [3.05, 3.63) is 71.7 Å². The van der Waals surface area contributed by atoms with Gasteiger partial charge in [0, 0.05) is 20.2 Å². The monoisotopic (exact) mass is 477 g/mol. The lowest BCUT2D eigenvalue weighted by Crippen LogP contribution is -2.34. The van der Waals surface area contributed by atoms with E-state index >= 15 is 0 Å². The molecular weight excluding hydrogens is 449 g/mol. The van der Waals surface area contributed by atoms with Crippen molar-refractivity contribution in [3.8, 4) is 0 Å². The smallest absolute Gasteiger partial charge is 0.289 e. The molecular formula is C23H28FN3O5S. The van der Waals surface area contributed by atoms with Gasteiger partial charge in [-0.25, -0.2) is 17.8 Å². The highest BCUT2D eigenvalue weighted by Gasteiger charge is 2.27. The van der Waals surface area contributed by atoms with Crippen LogP contribution in [0.25, 0.3) is 0 Å². The molecule has 2 aromatic heterocycles. The number of carbonyl (C=O) groups is 1. The Hall–Kier alpha value is -2.98. The number of hydrogen-bond donors (Lipinski definition) is 0. The third-order valence-electron chi connectivity index (χ3n) is 4.93. The van der Waals surface area contributed by atoms with Crippen LogP contribution in [0.5, 0.6) is 0 Å². The van der Waals surface area contributed by atoms with Crippen molar-refractivity contribution >= 4 is 15.7 Å². The highest BCUT2D eigenvalue weighted by molar-refractivity contribution is 7.90. The second-order valence-corrected chi connectivity index (χ2v) is 10.0. The van der Waals surface area contributed by atoms with E-state index in [0.29, 0.717) is 17.8 Å². The van der Waals surface area contributed by atoms with E-state index in [1.807, 2.05) is 13.8 Å². The van der Waals surface area contributed by atoms with Crippen LogP contribution in [-0.2, 0) is 33.4 Å². The van der Waals surface area contributed by atoms with E-state index in [9.17, 15) is 17.6 Å². The Bertz CT molecular complexity index is 1160. The maximum Gasteiger partial charge on any atom is 0.289 e. The Labute approximate surface area is 192 Å². The average molecular weight is 478 g/mol. The molecule has 3 aromatic rings. The molecule has 1 aromatic carbocycles. The molecule has 0 saturated heterocycles. The maximum absolute atomic E-state index is 13.2. The quantitative estimate of drug-likeness (QED) is 0.419. The van der Waals surface area contributed by atoms with Crippen LogP contribution in [-0.4, -0.2) is 49.0 Å². The van der Waals surface area contributed by atoms with Crippen LogP contribution in [0.4, 0.5) is 4.39 Å². The number of furan rings is 1. The van der Waals surface area contributed by atoms with Gasteiger partial charge in [-0.15, -0.1) is 0 Å². The average Bonchev–Trinajstić information content (AvgIpc) is 3.43. The van der Waals surface area contributed by atoms with Gasteiger partial charge in [-0.3, -0.25) is 4.79 Å². The Morgan fingerprint density at radius 2 is 1.97 bits per heavy atom. The van der Waals surface area contributed by atoms with Gasteiger partial charge in [-0.05, 0) is 35.7 Å². The number of amides is 1. The van der Waals surface area contributed by atoms with Gasteiger partial charge in [0.1, 0.15) is 5.82 Å². The number of hydrogen-bond acceptors (Lipinski definition) is 6. The topological polar surface area (TPSA) is 94.6 Å². The van der Waals surface area contributed by atoms with E-state index in [0.717, 1.165) is 0 Å². The van der Waals surface area contributed by atoms with E-state index in [2.05, 4.69) is 4.98 Å². The van der Waals surface area contributed by atoms with Crippen LogP contribution in [0, 0.1) is 11.7 Å². The number of imidazole rings is 1. The molecule has 1 amide bonds. The number of halogens is 1. The highest BCUT2D eigenvalue weighted by atomic mass is 32.2. The molecule has 33 heavy (non-hydrogen) atoms. The maximum atomic E-state index is 13.2. The van der Waals surface area contributed by atoms with Crippen molar-refractivity contribution in [1.82, 2.24) is 14.5 Å². The molecule has 10 heteroatoms. The van der Waals surface area contributed by atoms with E-state index in [1.54, 1.807) is 21.6 Å². The minimum atomic E-state index is -3.84. The number of ether oxygens (including phenoxy) is 1. The fourth-order valence-electron chi connectivity index (χ4n) is 3.46. The predicted octanol–water partition coefficient (Wildman–Crippen LogP) is 3.53. The molecule has 0 atom stereocenters. The molecule has 2 heterocycles. The second-order valence-electron chi connectivity index (χ2n) is 8.12. The first kappa shape index (κ1) is 24.7. The van der Waals surface area contributed by atoms with Gasteiger partial charge in [0.05, 0.1) is 37.1 Å². The summed E-state index contributed by atoms with van der Waals surface area (Å²) in [4.78, 5) is 18.8. The van der Waals surface area contributed by atoms with Gasteiger partial charge in [-0.1, -0.05) is 26.0 Å². The molecule has 0 unspecified atom stereocenters. The zero-order valence-electron chi connectivity index (χ0n) is 18.9. The molecule has 178 valence electrons. The summed E-state index contributed by atoms with van der Waals surface area (Å²) in [5, 5.41) is -0.117. The highest BCUT2D eigenvalue weighted by Crippen LogP contribution is 2.20. The lowest BCUT2D eigenvalue weighted by Gasteiger charge is -2.24. The van der Waals surface area contributed by atoms with Gasteiger partial charge in [0.15, 0.2) is 5.76 Å². The summed E-state index contributed by atoms with van der Waals surface area (Å²) in [5.74, 6) is -0.656. The normalized spacial score (nSPS) is 11.8. The van der Waals surface area contributed by atoms with Gasteiger partial charge in [0.2, 0.25) is 15.0 Å². The molecule has 0 bridgehead atoms. The van der Waals surface area contributed by atoms with E-state index < -0.39 is 15.7 Å². The van der Waals surface area contributed by atoms with Crippen molar-refractivity contribution in [3.63, 3.8) is 0 Å². The molecule has 0 aliphatic carbocycles. The Morgan fingerprint density at radius 3 is 2.58 bits per heavy atom. The first-order valence-electron chi connectivity index (χ1n) is 10.5. The summed E-state index contributed by atoms with van der Waals surface area (Å²) in [6, 6.07) is 8.54. The number of rotatable bonds is 11. The van der Waals surface area contributed by atoms with Crippen LogP contribution < -0.4 is 0 Å². The third-order valence-corrected chi connectivity index (χ3v) is 6.52. The molecule has 0 N–H and O–H groups in total. The first-order valence-corrected chi connectivity index (χ1v) is 12.2. The Morgan fingerprint density at radius 1 is 1.24 bits per heavy atom. The summed E-state index contributed by atoms with van der Waals surface area (Å²) in [6.45, 7) is 5.09. The van der Waals surface area contributed by atoms with Crippen LogP contribution >= 0.6 is 0 Å². The second kappa shape index (κ2) is 10.8. The van der Waals surface area contributed by atoms with E-state index in [4.69, 9.17) is 9.15 Å². The van der Waals surface area contributed by atoms with E-state index in [-0.39, 0.29) is 48.2 Å². The summed E-state index contributed by atoms with van der Waals surface area (Å²) in [5.41, 5.74) is 1.01. The third kappa shape index (κ3) is 6.29. The minimum absolute atomic E-state index is 0.117. The van der Waals surface area contributed by atoms with Crippen LogP contribution in [0.3, 0.4) is 0 Å². The number of carbonyl (C=O) groups excluding carboxylic acids is 1. The summed E-state index contributed by atoms with van der Waals surface area (Å²) in [6.07, 6.45) is 2.90. The molecule has 0 radical (unpaired) electrons. The van der Waals surface area contributed by atoms with Crippen molar-refractivity contribution in [1.29, 1.82) is 0 Å². The van der Waals surface area contributed by atoms with Crippen molar-refractivity contribution < 1.29 is 26.8 Å². The van der Waals surface area contributed by atoms with Crippen molar-refractivity contribution in [2.24, 2.45) is 5.92 Å². The molecule has 8 nitrogen and oxygen atoms in total. The molecule has 0 spiro atoms. The number of nitrogens with zero attached hydrogens (tertiary/aromatic N) is 3. The van der Waals surface area contributed by atoms with Gasteiger partial charge < -0.3 is 18.6 Å². The van der Waals surface area contributed by atoms with Gasteiger partial charge >= 0.3 is 0 Å². The lowest BCUT2D eigenvalue weighted by atomic mass is 10.2. The van der Waals surface area contributed by atoms with Crippen LogP contribution in [0.2, 0.25) is 0 Å². The van der Waals surface area contributed by atoms with Crippen LogP contribution in [0.1, 0.15) is 35.7 Å². The van der Waals surface area contributed by atoms with Crippen molar-refractivity contribution in [2.45, 2.75) is 37.8 Å². The Balaban J connectivity index is 1.92. The standard InChI is InChI=1S/C23H28FN3O5S/c1-17(2)14-26(22(28)21-5-4-11-32-21)15-20-13-25-23(27(20)10-12-31-3)33(29,30)16-18-6-8-19(24)9-7-18/h4-9,11,13,17H,10,12,14-16H2,1-3H3. The number of methoxy groups -OCH3 is 1. The zero-order chi connectivity index (χ0) is 24.0. The molecule has 0 aliphatic heterocycles. The largest absolute Gasteiger partial charge is 0.459 e. The first-order chi connectivity index (χ1) is 15.7. The van der Waals surface area contributed by atoms with Gasteiger partial charge in [0.25, 0.3) is 5.91 Å². The fraction of sp³-hybridized carbons (Fsp3) is 0.391. The lowest BCUT2D eigenvalue weighted by molar-refractivity contribution is 0.0685. The fourth-order valence-corrected chi connectivity index (χ4v) is 4.98. The van der Waals surface area contributed by atoms with E-state index in [1.165, 1.54) is 43.8 Å². The zero-order valence-corrected chi connectivity index (χ0v) is 19.7. The summed E-state index contributed by atoms with van der Waals surface area (Å²) in [7, 11) is -2.31. The van der Waals surface area contributed by atoms with Gasteiger partial charge in [-0.2, -0.15) is 0 Å². The van der Waals surface area contributed by atoms with Crippen LogP contribution in [0.15, 0.2) is 58.4 Å². The molecule has 0 saturated carbocycles. The SMILES string of the molecule is COCCn1c(CN(CC(C)C)C(=O)c2ccco2)cnc1S(=O)(=O)Cc1ccc(F)cc1. The number of benzene rings is 1. The molecule has 0 fully saturated rings. The van der Waals surface area contributed by atoms with Crippen molar-refractivity contribution in [2.75, 3.05) is 20.3 Å². The molecule has 0 aliphatic rings. The number of aromatic nitrogens is 2. The summed E-state index contributed by atoms with van der Waals surface area (Å²) < 4.78 is 51.5. The molecule has 3 rings (SSSR count).